The molecule has 1 aromatic carbocycles. The summed E-state index contributed by atoms with van der Waals surface area (Å²) in [6.45, 7) is 3.23. The molecule has 0 radical (unpaired) electrons. The van der Waals surface area contributed by atoms with Crippen LogP contribution in [0.4, 0.5) is 4.79 Å². The molecule has 0 spiro atoms. The van der Waals surface area contributed by atoms with E-state index in [9.17, 15) is 4.79 Å². The van der Waals surface area contributed by atoms with Crippen molar-refractivity contribution in [3.63, 3.8) is 0 Å². The molecule has 2 aromatic rings. The highest BCUT2D eigenvalue weighted by atomic mass is 35.5. The third-order valence-electron chi connectivity index (χ3n) is 4.04. The van der Waals surface area contributed by atoms with Crippen molar-refractivity contribution in [1.29, 1.82) is 0 Å². The topological polar surface area (TPSA) is 57.8 Å². The first kappa shape index (κ1) is 18.6. The van der Waals surface area contributed by atoms with Gasteiger partial charge in [-0.05, 0) is 38.2 Å². The predicted molar refractivity (Wildman–Crippen MR) is 96.2 cm³/mol. The molecule has 1 amide bonds. The van der Waals surface area contributed by atoms with Gasteiger partial charge >= 0.3 is 6.09 Å². The molecule has 1 aliphatic heterocycles. The Hall–Kier alpha value is -1.76. The van der Waals surface area contributed by atoms with Crippen LogP contribution in [0.2, 0.25) is 0 Å². The number of amides is 1. The fraction of sp³-hybridized carbons (Fsp3) is 0.471. The molecule has 7 heteroatoms. The number of morpholine rings is 1. The third-order valence-corrected chi connectivity index (χ3v) is 4.04. The summed E-state index contributed by atoms with van der Waals surface area (Å²) in [6.07, 6.45) is 2.60. The van der Waals surface area contributed by atoms with Gasteiger partial charge in [-0.2, -0.15) is 0 Å². The first-order valence-electron chi connectivity index (χ1n) is 7.93. The molecular weight excluding hydrogens is 330 g/mol. The number of hydrogen-bond acceptors (Lipinski definition) is 4. The Morgan fingerprint density at radius 3 is 2.79 bits per heavy atom. The molecule has 0 unspecified atom stereocenters. The quantitative estimate of drug-likeness (QED) is 0.917. The van der Waals surface area contributed by atoms with Crippen LogP contribution >= 0.6 is 12.4 Å². The summed E-state index contributed by atoms with van der Waals surface area (Å²) >= 11 is 0. The number of rotatable bonds is 4. The summed E-state index contributed by atoms with van der Waals surface area (Å²) in [5.41, 5.74) is 2.16. The summed E-state index contributed by atoms with van der Waals surface area (Å²) in [5, 5.41) is 0.996. The van der Waals surface area contributed by atoms with Gasteiger partial charge in [-0.3, -0.25) is 0 Å². The van der Waals surface area contributed by atoms with Crippen molar-refractivity contribution in [1.82, 2.24) is 14.8 Å². The number of aromatic nitrogens is 1. The molecular formula is C17H24ClN3O3. The van der Waals surface area contributed by atoms with Crippen molar-refractivity contribution in [2.75, 3.05) is 46.9 Å². The number of carbonyl (C=O) groups is 1. The SMILES string of the molecule is CN(C)CCc1c[nH]c2cccc(OC(=O)N3CCOCC3)c12.Cl. The van der Waals surface area contributed by atoms with E-state index in [4.69, 9.17) is 9.47 Å². The second-order valence-electron chi connectivity index (χ2n) is 6.01. The second-order valence-corrected chi connectivity index (χ2v) is 6.01. The highest BCUT2D eigenvalue weighted by molar-refractivity contribution is 5.91. The van der Waals surface area contributed by atoms with Crippen molar-refractivity contribution in [2.24, 2.45) is 0 Å². The fourth-order valence-electron chi connectivity index (χ4n) is 2.75. The standard InChI is InChI=1S/C17H23N3O3.ClH/c1-19(2)7-6-13-12-18-14-4-3-5-15(16(13)14)23-17(21)20-8-10-22-11-9-20;/h3-5,12,18H,6-11H2,1-2H3;1H. The summed E-state index contributed by atoms with van der Waals surface area (Å²) in [7, 11) is 4.10. The van der Waals surface area contributed by atoms with Gasteiger partial charge in [0.15, 0.2) is 0 Å². The van der Waals surface area contributed by atoms with Gasteiger partial charge in [-0.15, -0.1) is 12.4 Å². The first-order chi connectivity index (χ1) is 11.1. The number of nitrogens with one attached hydrogen (secondary N) is 1. The lowest BCUT2D eigenvalue weighted by Crippen LogP contribution is -2.42. The molecule has 1 aromatic heterocycles. The van der Waals surface area contributed by atoms with Crippen LogP contribution < -0.4 is 4.74 Å². The average Bonchev–Trinajstić information content (AvgIpc) is 2.98. The first-order valence-corrected chi connectivity index (χ1v) is 7.93. The molecule has 0 atom stereocenters. The molecule has 1 aliphatic rings. The molecule has 0 bridgehead atoms. The highest BCUT2D eigenvalue weighted by Crippen LogP contribution is 2.29. The van der Waals surface area contributed by atoms with Gasteiger partial charge in [0.25, 0.3) is 0 Å². The van der Waals surface area contributed by atoms with Crippen LogP contribution in [-0.4, -0.2) is 67.8 Å². The number of hydrogen-bond donors (Lipinski definition) is 1. The van der Waals surface area contributed by atoms with E-state index in [0.29, 0.717) is 32.1 Å². The van der Waals surface area contributed by atoms with Crippen LogP contribution in [-0.2, 0) is 11.2 Å². The zero-order chi connectivity index (χ0) is 16.2. The number of H-pyrrole nitrogens is 1. The zero-order valence-electron chi connectivity index (χ0n) is 14.1. The number of likely N-dealkylation sites (N-methyl/N-ethyl adjacent to an activating group) is 1. The fourth-order valence-corrected chi connectivity index (χ4v) is 2.75. The average molecular weight is 354 g/mol. The Morgan fingerprint density at radius 2 is 2.08 bits per heavy atom. The maximum Gasteiger partial charge on any atom is 0.415 e. The van der Waals surface area contributed by atoms with E-state index in [1.807, 2.05) is 38.5 Å². The van der Waals surface area contributed by atoms with E-state index in [-0.39, 0.29) is 18.5 Å². The molecule has 3 rings (SSSR count). The molecule has 24 heavy (non-hydrogen) atoms. The Morgan fingerprint density at radius 1 is 1.33 bits per heavy atom. The number of fused-ring (bicyclic) bond motifs is 1. The minimum atomic E-state index is -0.305. The Kier molecular flexibility index (Phi) is 6.48. The van der Waals surface area contributed by atoms with Crippen molar-refractivity contribution < 1.29 is 14.3 Å². The summed E-state index contributed by atoms with van der Waals surface area (Å²) in [6, 6.07) is 5.75. The highest BCUT2D eigenvalue weighted by Gasteiger charge is 2.20. The Balaban J connectivity index is 0.00000208. The summed E-state index contributed by atoms with van der Waals surface area (Å²) in [5.74, 6) is 0.619. The van der Waals surface area contributed by atoms with Crippen molar-refractivity contribution in [2.45, 2.75) is 6.42 Å². The molecule has 132 valence electrons. The molecule has 1 fully saturated rings. The van der Waals surface area contributed by atoms with Gasteiger partial charge in [0, 0.05) is 36.7 Å². The van der Waals surface area contributed by atoms with Crippen LogP contribution in [0.5, 0.6) is 5.75 Å². The lowest BCUT2D eigenvalue weighted by atomic mass is 10.1. The Labute approximate surface area is 148 Å². The van der Waals surface area contributed by atoms with E-state index < -0.39 is 0 Å². The molecule has 0 saturated carbocycles. The maximum atomic E-state index is 12.3. The smallest absolute Gasteiger partial charge is 0.409 e. The van der Waals surface area contributed by atoms with Gasteiger partial charge in [0.05, 0.1) is 13.2 Å². The van der Waals surface area contributed by atoms with Crippen LogP contribution in [0.1, 0.15) is 5.56 Å². The van der Waals surface area contributed by atoms with Gasteiger partial charge in [-0.1, -0.05) is 6.07 Å². The van der Waals surface area contributed by atoms with Crippen molar-refractivity contribution in [3.8, 4) is 5.75 Å². The minimum Gasteiger partial charge on any atom is -0.409 e. The van der Waals surface area contributed by atoms with Crippen LogP contribution in [0, 0.1) is 0 Å². The maximum absolute atomic E-state index is 12.3. The minimum absolute atomic E-state index is 0. The van der Waals surface area contributed by atoms with E-state index in [1.54, 1.807) is 4.90 Å². The van der Waals surface area contributed by atoms with Gasteiger partial charge in [0.2, 0.25) is 0 Å². The van der Waals surface area contributed by atoms with E-state index in [1.165, 1.54) is 5.56 Å². The summed E-state index contributed by atoms with van der Waals surface area (Å²) < 4.78 is 10.9. The van der Waals surface area contributed by atoms with Gasteiger partial charge in [-0.25, -0.2) is 4.79 Å². The molecule has 0 aliphatic carbocycles. The van der Waals surface area contributed by atoms with Gasteiger partial charge < -0.3 is 24.3 Å². The lowest BCUT2D eigenvalue weighted by molar-refractivity contribution is 0.0417. The Bertz CT molecular complexity index is 681. The van der Waals surface area contributed by atoms with E-state index in [2.05, 4.69) is 9.88 Å². The molecule has 1 N–H and O–H groups in total. The molecule has 2 heterocycles. The van der Waals surface area contributed by atoms with Crippen LogP contribution in [0.3, 0.4) is 0 Å². The lowest BCUT2D eigenvalue weighted by Gasteiger charge is -2.26. The number of halogens is 1. The van der Waals surface area contributed by atoms with Crippen molar-refractivity contribution >= 4 is 29.4 Å². The number of aromatic amines is 1. The number of ether oxygens (including phenoxy) is 2. The monoisotopic (exact) mass is 353 g/mol. The van der Waals surface area contributed by atoms with E-state index in [0.717, 1.165) is 23.9 Å². The molecule has 1 saturated heterocycles. The third kappa shape index (κ3) is 4.20. The van der Waals surface area contributed by atoms with Crippen LogP contribution in [0.25, 0.3) is 10.9 Å². The number of benzene rings is 1. The van der Waals surface area contributed by atoms with Gasteiger partial charge in [0.1, 0.15) is 5.75 Å². The van der Waals surface area contributed by atoms with Crippen molar-refractivity contribution in [3.05, 3.63) is 30.0 Å². The van der Waals surface area contributed by atoms with E-state index >= 15 is 0 Å². The number of nitrogens with zero attached hydrogens (tertiary/aromatic N) is 2. The largest absolute Gasteiger partial charge is 0.415 e. The zero-order valence-corrected chi connectivity index (χ0v) is 14.9. The predicted octanol–water partition coefficient (Wildman–Crippen LogP) is 2.52. The summed E-state index contributed by atoms with van der Waals surface area (Å²) in [4.78, 5) is 19.4. The van der Waals surface area contributed by atoms with Crippen LogP contribution in [0.15, 0.2) is 24.4 Å². The normalized spacial score (nSPS) is 14.7. The second kappa shape index (κ2) is 8.37. The number of carbonyl (C=O) groups excluding carboxylic acids is 1. The molecule has 6 nitrogen and oxygen atoms in total.